The van der Waals surface area contributed by atoms with Gasteiger partial charge in [-0.2, -0.15) is 0 Å². The molecule has 4 atom stereocenters. The van der Waals surface area contributed by atoms with Crippen LogP contribution in [0.5, 0.6) is 0 Å². The minimum absolute atomic E-state index is 0.101. The van der Waals surface area contributed by atoms with Crippen LogP contribution in [0.4, 0.5) is 0 Å². The molecule has 0 spiro atoms. The highest BCUT2D eigenvalue weighted by atomic mass is 16.3. The van der Waals surface area contributed by atoms with E-state index in [1.807, 2.05) is 0 Å². The molecule has 2 fully saturated rings. The molecule has 58 valence electrons. The maximum atomic E-state index is 9.41. The Morgan fingerprint density at radius 3 is 2.40 bits per heavy atom. The fraction of sp³-hybridized carbons (Fsp3) is 1.00. The molecule has 0 aromatic heterocycles. The Morgan fingerprint density at radius 1 is 1.30 bits per heavy atom. The van der Waals surface area contributed by atoms with E-state index in [4.69, 9.17) is 5.11 Å². The second kappa shape index (κ2) is 2.21. The Labute approximate surface area is 60.9 Å². The maximum absolute atomic E-state index is 9.41. The molecule has 2 aliphatic carbocycles. The number of hydrogen-bond donors (Lipinski definition) is 2. The number of hydrogen-bond acceptors (Lipinski definition) is 2. The van der Waals surface area contributed by atoms with Gasteiger partial charge in [-0.05, 0) is 37.0 Å². The van der Waals surface area contributed by atoms with Gasteiger partial charge in [0, 0.05) is 6.61 Å². The zero-order valence-electron chi connectivity index (χ0n) is 6.03. The molecule has 0 radical (unpaired) electrons. The highest BCUT2D eigenvalue weighted by molar-refractivity contribution is 4.96. The van der Waals surface area contributed by atoms with Crippen molar-refractivity contribution in [2.24, 2.45) is 17.8 Å². The average molecular weight is 142 g/mol. The van der Waals surface area contributed by atoms with E-state index in [0.717, 1.165) is 12.8 Å². The first-order valence-electron chi connectivity index (χ1n) is 4.12. The molecule has 2 saturated carbocycles. The molecule has 0 heterocycles. The van der Waals surface area contributed by atoms with E-state index >= 15 is 0 Å². The molecule has 10 heavy (non-hydrogen) atoms. The smallest absolute Gasteiger partial charge is 0.0574 e. The van der Waals surface area contributed by atoms with Crippen LogP contribution in [0.3, 0.4) is 0 Å². The van der Waals surface area contributed by atoms with E-state index in [9.17, 15) is 5.11 Å². The Morgan fingerprint density at radius 2 is 2.10 bits per heavy atom. The van der Waals surface area contributed by atoms with E-state index in [2.05, 4.69) is 0 Å². The van der Waals surface area contributed by atoms with Gasteiger partial charge in [0.1, 0.15) is 0 Å². The Bertz CT molecular complexity index is 135. The van der Waals surface area contributed by atoms with Gasteiger partial charge in [-0.15, -0.1) is 0 Å². The molecular formula is C8H14O2. The van der Waals surface area contributed by atoms with Crippen molar-refractivity contribution in [2.45, 2.75) is 25.4 Å². The molecule has 0 aromatic carbocycles. The van der Waals surface area contributed by atoms with E-state index in [1.165, 1.54) is 6.42 Å². The average Bonchev–Trinajstić information content (AvgIpc) is 2.42. The molecular weight excluding hydrogens is 128 g/mol. The number of rotatable bonds is 1. The lowest BCUT2D eigenvalue weighted by Crippen LogP contribution is -2.18. The van der Waals surface area contributed by atoms with E-state index in [1.54, 1.807) is 0 Å². The van der Waals surface area contributed by atoms with Crippen molar-refractivity contribution >= 4 is 0 Å². The Balaban J connectivity index is 2.11. The second-order valence-electron chi connectivity index (χ2n) is 3.65. The van der Waals surface area contributed by atoms with Gasteiger partial charge in [0.2, 0.25) is 0 Å². The largest absolute Gasteiger partial charge is 0.396 e. The van der Waals surface area contributed by atoms with Crippen molar-refractivity contribution in [1.82, 2.24) is 0 Å². The van der Waals surface area contributed by atoms with Crippen LogP contribution in [-0.2, 0) is 0 Å². The third-order valence-electron chi connectivity index (χ3n) is 3.28. The molecule has 0 aliphatic heterocycles. The Hall–Kier alpha value is -0.0800. The summed E-state index contributed by atoms with van der Waals surface area (Å²) >= 11 is 0. The van der Waals surface area contributed by atoms with Gasteiger partial charge in [-0.1, -0.05) is 0 Å². The van der Waals surface area contributed by atoms with Crippen molar-refractivity contribution < 1.29 is 10.2 Å². The molecule has 2 N–H and O–H groups in total. The van der Waals surface area contributed by atoms with Crippen LogP contribution in [-0.4, -0.2) is 22.9 Å². The summed E-state index contributed by atoms with van der Waals surface area (Å²) in [6.45, 7) is 0.284. The maximum Gasteiger partial charge on any atom is 0.0574 e. The molecule has 2 heteroatoms. The van der Waals surface area contributed by atoms with Crippen LogP contribution in [0.2, 0.25) is 0 Å². The highest BCUT2D eigenvalue weighted by Crippen LogP contribution is 2.48. The van der Waals surface area contributed by atoms with Crippen molar-refractivity contribution in [1.29, 1.82) is 0 Å². The van der Waals surface area contributed by atoms with Crippen LogP contribution in [0.25, 0.3) is 0 Å². The summed E-state index contributed by atoms with van der Waals surface area (Å²) in [5.41, 5.74) is 0. The quantitative estimate of drug-likeness (QED) is 0.556. The van der Waals surface area contributed by atoms with Crippen LogP contribution >= 0.6 is 0 Å². The second-order valence-corrected chi connectivity index (χ2v) is 3.65. The van der Waals surface area contributed by atoms with Gasteiger partial charge in [-0.25, -0.2) is 0 Å². The monoisotopic (exact) mass is 142 g/mol. The first-order valence-corrected chi connectivity index (χ1v) is 4.12. The van der Waals surface area contributed by atoms with Crippen LogP contribution in [0, 0.1) is 17.8 Å². The van der Waals surface area contributed by atoms with Crippen LogP contribution in [0.1, 0.15) is 19.3 Å². The molecule has 0 aromatic rings. The summed E-state index contributed by atoms with van der Waals surface area (Å²) < 4.78 is 0. The van der Waals surface area contributed by atoms with Gasteiger partial charge in [0.25, 0.3) is 0 Å². The molecule has 0 amide bonds. The summed E-state index contributed by atoms with van der Waals surface area (Å²) in [4.78, 5) is 0. The van der Waals surface area contributed by atoms with Crippen molar-refractivity contribution in [3.63, 3.8) is 0 Å². The number of aliphatic hydroxyl groups excluding tert-OH is 2. The van der Waals surface area contributed by atoms with Gasteiger partial charge >= 0.3 is 0 Å². The van der Waals surface area contributed by atoms with Gasteiger partial charge < -0.3 is 10.2 Å². The lowest BCUT2D eigenvalue weighted by Gasteiger charge is -2.15. The van der Waals surface area contributed by atoms with Gasteiger partial charge in [-0.3, -0.25) is 0 Å². The fourth-order valence-electron chi connectivity index (χ4n) is 2.72. The van der Waals surface area contributed by atoms with Crippen molar-refractivity contribution in [2.75, 3.05) is 6.61 Å². The third-order valence-corrected chi connectivity index (χ3v) is 3.28. The molecule has 0 saturated heterocycles. The van der Waals surface area contributed by atoms with Crippen LogP contribution in [0.15, 0.2) is 0 Å². The SMILES string of the molecule is OC[C@@H]1[C@H]2CC[C@@H]1[C@@H](O)C2. The zero-order chi connectivity index (χ0) is 7.14. The number of fused-ring (bicyclic) bond motifs is 2. The highest BCUT2D eigenvalue weighted by Gasteiger charge is 2.46. The summed E-state index contributed by atoms with van der Waals surface area (Å²) in [7, 11) is 0. The fourth-order valence-corrected chi connectivity index (χ4v) is 2.72. The minimum atomic E-state index is -0.101. The predicted octanol–water partition coefficient (Wildman–Crippen LogP) is 0.386. The molecule has 2 nitrogen and oxygen atoms in total. The van der Waals surface area contributed by atoms with Gasteiger partial charge in [0.15, 0.2) is 0 Å². The number of aliphatic hydroxyl groups is 2. The summed E-state index contributed by atoms with van der Waals surface area (Å²) in [5.74, 6) is 1.48. The van der Waals surface area contributed by atoms with Crippen LogP contribution < -0.4 is 0 Å². The minimum Gasteiger partial charge on any atom is -0.396 e. The first kappa shape index (κ1) is 6.62. The topological polar surface area (TPSA) is 40.5 Å². The van der Waals surface area contributed by atoms with Crippen molar-refractivity contribution in [3.05, 3.63) is 0 Å². The Kier molecular flexibility index (Phi) is 1.46. The van der Waals surface area contributed by atoms with Crippen molar-refractivity contribution in [3.8, 4) is 0 Å². The third kappa shape index (κ3) is 0.722. The molecule has 2 aliphatic rings. The lowest BCUT2D eigenvalue weighted by atomic mass is 9.97. The van der Waals surface area contributed by atoms with E-state index < -0.39 is 0 Å². The molecule has 2 bridgehead atoms. The van der Waals surface area contributed by atoms with E-state index in [-0.39, 0.29) is 12.7 Å². The standard InChI is InChI=1S/C8H14O2/c9-4-7-5-1-2-6(7)8(10)3-5/h5-10H,1-4H2/t5-,6-,7+,8-/m0/s1. The summed E-state index contributed by atoms with van der Waals surface area (Å²) in [5, 5.41) is 18.4. The first-order chi connectivity index (χ1) is 4.83. The van der Waals surface area contributed by atoms with E-state index in [0.29, 0.717) is 17.8 Å². The normalized spacial score (nSPS) is 52.2. The molecule has 0 unspecified atom stereocenters. The lowest BCUT2D eigenvalue weighted by molar-refractivity contribution is 0.0974. The predicted molar refractivity (Wildman–Crippen MR) is 37.4 cm³/mol. The van der Waals surface area contributed by atoms with Gasteiger partial charge in [0.05, 0.1) is 6.10 Å². The molecule has 2 rings (SSSR count). The summed E-state index contributed by atoms with van der Waals surface area (Å²) in [6.07, 6.45) is 3.20. The zero-order valence-corrected chi connectivity index (χ0v) is 6.03. The summed E-state index contributed by atoms with van der Waals surface area (Å²) in [6, 6.07) is 0.